The van der Waals surface area contributed by atoms with Crippen LogP contribution < -0.4 is 10.6 Å². The maximum Gasteiger partial charge on any atom is 0.157 e. The molecule has 4 nitrogen and oxygen atoms in total. The second-order valence-corrected chi connectivity index (χ2v) is 4.52. The molecular formula is C9H12N4S. The summed E-state index contributed by atoms with van der Waals surface area (Å²) in [5.41, 5.74) is 2.53. The summed E-state index contributed by atoms with van der Waals surface area (Å²) in [6, 6.07) is 0.376. The Morgan fingerprint density at radius 3 is 3.36 bits per heavy atom. The van der Waals surface area contributed by atoms with Crippen molar-refractivity contribution in [2.75, 3.05) is 24.2 Å². The number of fused-ring (bicyclic) bond motifs is 1. The van der Waals surface area contributed by atoms with Gasteiger partial charge in [0.15, 0.2) is 5.17 Å². The molecule has 0 aliphatic carbocycles. The number of anilines is 1. The Bertz CT molecular complexity index is 371. The van der Waals surface area contributed by atoms with Crippen LogP contribution in [0.2, 0.25) is 0 Å². The van der Waals surface area contributed by atoms with Gasteiger partial charge in [-0.25, -0.2) is 0 Å². The van der Waals surface area contributed by atoms with Crippen LogP contribution in [-0.4, -0.2) is 29.0 Å². The topological polar surface area (TPSA) is 52.2 Å². The minimum Gasteiger partial charge on any atom is -0.381 e. The summed E-state index contributed by atoms with van der Waals surface area (Å²) >= 11 is 1.81. The molecule has 0 saturated carbocycles. The molecule has 2 aliphatic heterocycles. The molecule has 1 atom stereocenters. The van der Waals surface area contributed by atoms with Crippen LogP contribution >= 0.6 is 11.8 Å². The third-order valence-electron chi connectivity index (χ3n) is 2.53. The number of thioether (sulfide) groups is 1. The highest BCUT2D eigenvalue weighted by Crippen LogP contribution is 2.29. The van der Waals surface area contributed by atoms with Crippen molar-refractivity contribution >= 4 is 22.6 Å². The fraction of sp³-hybridized carbons (Fsp3) is 0.444. The van der Waals surface area contributed by atoms with Crippen LogP contribution in [0.4, 0.5) is 5.69 Å². The largest absolute Gasteiger partial charge is 0.381 e. The van der Waals surface area contributed by atoms with Gasteiger partial charge in [-0.1, -0.05) is 11.8 Å². The molecule has 0 spiro atoms. The summed E-state index contributed by atoms with van der Waals surface area (Å²) in [6.45, 7) is 1.91. The van der Waals surface area contributed by atoms with Gasteiger partial charge in [0.1, 0.15) is 0 Å². The highest BCUT2D eigenvalue weighted by Gasteiger charge is 2.24. The molecular weight excluding hydrogens is 196 g/mol. The van der Waals surface area contributed by atoms with Gasteiger partial charge in [-0.2, -0.15) is 0 Å². The van der Waals surface area contributed by atoms with Crippen molar-refractivity contribution in [1.82, 2.24) is 10.3 Å². The van der Waals surface area contributed by atoms with Crippen molar-refractivity contribution in [2.24, 2.45) is 4.99 Å². The Balaban J connectivity index is 1.75. The highest BCUT2D eigenvalue weighted by atomic mass is 32.2. The first kappa shape index (κ1) is 8.23. The minimum atomic E-state index is 0.376. The van der Waals surface area contributed by atoms with Gasteiger partial charge < -0.3 is 15.6 Å². The summed E-state index contributed by atoms with van der Waals surface area (Å²) in [6.07, 6.45) is 4.05. The fourth-order valence-corrected chi connectivity index (χ4v) is 2.62. The average molecular weight is 208 g/mol. The van der Waals surface area contributed by atoms with Crippen molar-refractivity contribution < 1.29 is 0 Å². The van der Waals surface area contributed by atoms with Gasteiger partial charge in [-0.3, -0.25) is 4.99 Å². The van der Waals surface area contributed by atoms with Gasteiger partial charge in [0.2, 0.25) is 0 Å². The van der Waals surface area contributed by atoms with Crippen molar-refractivity contribution in [3.8, 4) is 0 Å². The molecule has 2 aliphatic rings. The van der Waals surface area contributed by atoms with E-state index in [1.165, 1.54) is 11.3 Å². The van der Waals surface area contributed by atoms with Gasteiger partial charge in [0.05, 0.1) is 18.3 Å². The maximum atomic E-state index is 4.39. The lowest BCUT2D eigenvalue weighted by Gasteiger charge is -2.12. The summed E-state index contributed by atoms with van der Waals surface area (Å²) < 4.78 is 0. The molecule has 1 aromatic heterocycles. The van der Waals surface area contributed by atoms with Gasteiger partial charge >= 0.3 is 0 Å². The Kier molecular flexibility index (Phi) is 1.90. The third-order valence-corrected chi connectivity index (χ3v) is 3.44. The molecule has 0 radical (unpaired) electrons. The van der Waals surface area contributed by atoms with Crippen LogP contribution in [0.3, 0.4) is 0 Å². The number of aliphatic imine (C=N–C) groups is 1. The van der Waals surface area contributed by atoms with E-state index in [2.05, 4.69) is 20.6 Å². The predicted molar refractivity (Wildman–Crippen MR) is 59.9 cm³/mol. The standard InChI is InChI=1S/C9H12N4S/c1-2-14-9(11-1)13-8-5-12-7-4-10-3-6(7)8/h3-4,8,10,12H,1-2,5H2,(H,11,13). The first-order valence-corrected chi connectivity index (χ1v) is 5.76. The summed E-state index contributed by atoms with van der Waals surface area (Å²) in [4.78, 5) is 7.49. The zero-order valence-corrected chi connectivity index (χ0v) is 8.53. The SMILES string of the molecule is c1[nH]cc2c1NCC2NC1=NCCS1. The number of aromatic nitrogens is 1. The van der Waals surface area contributed by atoms with Crippen LogP contribution in [0.15, 0.2) is 17.4 Å². The van der Waals surface area contributed by atoms with Crippen LogP contribution in [-0.2, 0) is 0 Å². The molecule has 0 aromatic carbocycles. The lowest BCUT2D eigenvalue weighted by Crippen LogP contribution is -2.26. The Hall–Kier alpha value is -1.10. The molecule has 3 N–H and O–H groups in total. The lowest BCUT2D eigenvalue weighted by atomic mass is 10.2. The molecule has 5 heteroatoms. The van der Waals surface area contributed by atoms with E-state index >= 15 is 0 Å². The van der Waals surface area contributed by atoms with Crippen molar-refractivity contribution in [2.45, 2.75) is 6.04 Å². The van der Waals surface area contributed by atoms with E-state index in [0.717, 1.165) is 24.0 Å². The number of nitrogens with zero attached hydrogens (tertiary/aromatic N) is 1. The van der Waals surface area contributed by atoms with E-state index in [9.17, 15) is 0 Å². The van der Waals surface area contributed by atoms with Gasteiger partial charge in [0, 0.05) is 30.3 Å². The molecule has 1 aromatic rings. The molecule has 0 bridgehead atoms. The number of nitrogens with one attached hydrogen (secondary N) is 3. The van der Waals surface area contributed by atoms with Crippen LogP contribution in [0.1, 0.15) is 11.6 Å². The average Bonchev–Trinajstić information content (AvgIpc) is 2.85. The van der Waals surface area contributed by atoms with Crippen LogP contribution in [0.25, 0.3) is 0 Å². The highest BCUT2D eigenvalue weighted by molar-refractivity contribution is 8.14. The number of hydrogen-bond donors (Lipinski definition) is 3. The van der Waals surface area contributed by atoms with E-state index in [1.807, 2.05) is 24.2 Å². The van der Waals surface area contributed by atoms with Crippen molar-refractivity contribution in [1.29, 1.82) is 0 Å². The van der Waals surface area contributed by atoms with Gasteiger partial charge in [-0.05, 0) is 0 Å². The van der Waals surface area contributed by atoms with E-state index in [4.69, 9.17) is 0 Å². The number of rotatable bonds is 1. The summed E-state index contributed by atoms with van der Waals surface area (Å²) in [5, 5.41) is 7.89. The molecule has 14 heavy (non-hydrogen) atoms. The minimum absolute atomic E-state index is 0.376. The molecule has 74 valence electrons. The molecule has 1 unspecified atom stereocenters. The monoisotopic (exact) mass is 208 g/mol. The Morgan fingerprint density at radius 2 is 2.50 bits per heavy atom. The second kappa shape index (κ2) is 3.24. The van der Waals surface area contributed by atoms with E-state index in [0.29, 0.717) is 6.04 Å². The number of amidine groups is 1. The van der Waals surface area contributed by atoms with Crippen molar-refractivity contribution in [3.05, 3.63) is 18.0 Å². The van der Waals surface area contributed by atoms with Crippen LogP contribution in [0.5, 0.6) is 0 Å². The Labute approximate surface area is 86.6 Å². The number of hydrogen-bond acceptors (Lipinski definition) is 4. The third kappa shape index (κ3) is 1.28. The van der Waals surface area contributed by atoms with Crippen molar-refractivity contribution in [3.63, 3.8) is 0 Å². The zero-order valence-electron chi connectivity index (χ0n) is 7.71. The molecule has 3 heterocycles. The van der Waals surface area contributed by atoms with E-state index in [1.54, 1.807) is 0 Å². The predicted octanol–water partition coefficient (Wildman–Crippen LogP) is 1.17. The smallest absolute Gasteiger partial charge is 0.157 e. The first-order valence-electron chi connectivity index (χ1n) is 4.78. The quantitative estimate of drug-likeness (QED) is 0.649. The fourth-order valence-electron chi connectivity index (χ4n) is 1.84. The second-order valence-electron chi connectivity index (χ2n) is 3.44. The summed E-state index contributed by atoms with van der Waals surface area (Å²) in [7, 11) is 0. The summed E-state index contributed by atoms with van der Waals surface area (Å²) in [5.74, 6) is 1.11. The number of H-pyrrole nitrogens is 1. The molecule has 0 fully saturated rings. The van der Waals surface area contributed by atoms with Gasteiger partial charge in [-0.15, -0.1) is 0 Å². The zero-order chi connectivity index (χ0) is 9.38. The van der Waals surface area contributed by atoms with Crippen LogP contribution in [0, 0.1) is 0 Å². The van der Waals surface area contributed by atoms with E-state index in [-0.39, 0.29) is 0 Å². The molecule has 3 rings (SSSR count). The van der Waals surface area contributed by atoms with Gasteiger partial charge in [0.25, 0.3) is 0 Å². The lowest BCUT2D eigenvalue weighted by molar-refractivity contribution is 0.715. The molecule has 0 amide bonds. The Morgan fingerprint density at radius 1 is 1.50 bits per heavy atom. The normalized spacial score (nSPS) is 24.3. The molecule has 0 saturated heterocycles. The number of aromatic amines is 1. The maximum absolute atomic E-state index is 4.39. The first-order chi connectivity index (χ1) is 6.93. The van der Waals surface area contributed by atoms with E-state index < -0.39 is 0 Å².